The Bertz CT molecular complexity index is 901. The van der Waals surface area contributed by atoms with Crippen molar-refractivity contribution in [3.63, 3.8) is 0 Å². The molecule has 2 aromatic rings. The molecule has 0 atom stereocenters. The van der Waals surface area contributed by atoms with Gasteiger partial charge >= 0.3 is 0 Å². The molecule has 0 radical (unpaired) electrons. The van der Waals surface area contributed by atoms with Gasteiger partial charge in [-0.1, -0.05) is 11.6 Å². The molecule has 136 valence electrons. The van der Waals surface area contributed by atoms with Gasteiger partial charge in [-0.2, -0.15) is 9.78 Å². The van der Waals surface area contributed by atoms with Crippen LogP contribution in [0.5, 0.6) is 0 Å². The summed E-state index contributed by atoms with van der Waals surface area (Å²) in [5, 5.41) is 3.98. The van der Waals surface area contributed by atoms with E-state index in [2.05, 4.69) is 15.9 Å². The lowest BCUT2D eigenvalue weighted by Crippen LogP contribution is -2.47. The molecule has 1 aromatic heterocycles. The van der Waals surface area contributed by atoms with Crippen molar-refractivity contribution < 1.29 is 8.78 Å². The monoisotopic (exact) mass is 378 g/mol. The number of nitrogens with zero attached hydrogens (tertiary/aromatic N) is 4. The van der Waals surface area contributed by atoms with Crippen LogP contribution in [0, 0.1) is 24.0 Å². The van der Waals surface area contributed by atoms with Gasteiger partial charge in [0.1, 0.15) is 16.5 Å². The summed E-state index contributed by atoms with van der Waals surface area (Å²) in [4.78, 5) is 16.7. The second-order valence-corrected chi connectivity index (χ2v) is 6.32. The van der Waals surface area contributed by atoms with Crippen molar-refractivity contribution in [3.8, 4) is 18.0 Å². The predicted octanol–water partition coefficient (Wildman–Crippen LogP) is 2.31. The van der Waals surface area contributed by atoms with E-state index >= 15 is 0 Å². The number of halogens is 3. The van der Waals surface area contributed by atoms with Gasteiger partial charge in [0.2, 0.25) is 0 Å². The second kappa shape index (κ2) is 7.85. The Morgan fingerprint density at radius 1 is 1.19 bits per heavy atom. The number of rotatable bonds is 4. The first-order valence-electron chi connectivity index (χ1n) is 8.15. The van der Waals surface area contributed by atoms with Gasteiger partial charge in [0.15, 0.2) is 5.82 Å². The Morgan fingerprint density at radius 3 is 2.58 bits per heavy atom. The van der Waals surface area contributed by atoms with E-state index in [1.165, 1.54) is 6.20 Å². The van der Waals surface area contributed by atoms with Gasteiger partial charge in [-0.3, -0.25) is 9.69 Å². The summed E-state index contributed by atoms with van der Waals surface area (Å²) >= 11 is 6.23. The predicted molar refractivity (Wildman–Crippen MR) is 96.9 cm³/mol. The Balaban J connectivity index is 1.83. The minimum Gasteiger partial charge on any atom is -0.366 e. The first-order chi connectivity index (χ1) is 12.5. The molecule has 1 fully saturated rings. The lowest BCUT2D eigenvalue weighted by molar-refractivity contribution is 0.264. The molecule has 1 aliphatic rings. The zero-order chi connectivity index (χ0) is 18.7. The highest BCUT2D eigenvalue weighted by atomic mass is 35.5. The smallest absolute Gasteiger partial charge is 0.292 e. The van der Waals surface area contributed by atoms with Crippen LogP contribution in [0.4, 0.5) is 14.5 Å². The summed E-state index contributed by atoms with van der Waals surface area (Å²) in [6.07, 6.45) is 7.41. The molecular formula is C18H17ClF2N4O. The number of hydrogen-bond donors (Lipinski definition) is 0. The summed E-state index contributed by atoms with van der Waals surface area (Å²) in [5.41, 5.74) is -0.291. The third-order valence-electron chi connectivity index (χ3n) is 4.32. The number of benzene rings is 1. The van der Waals surface area contributed by atoms with E-state index in [1.54, 1.807) is 0 Å². The van der Waals surface area contributed by atoms with Gasteiger partial charge < -0.3 is 4.90 Å². The van der Waals surface area contributed by atoms with Crippen molar-refractivity contribution in [1.29, 1.82) is 0 Å². The van der Waals surface area contributed by atoms with Gasteiger partial charge in [0, 0.05) is 45.2 Å². The van der Waals surface area contributed by atoms with Crippen molar-refractivity contribution in [1.82, 2.24) is 14.7 Å². The van der Waals surface area contributed by atoms with Crippen LogP contribution in [0.1, 0.15) is 6.42 Å². The van der Waals surface area contributed by atoms with Crippen LogP contribution < -0.4 is 10.5 Å². The van der Waals surface area contributed by atoms with Crippen molar-refractivity contribution >= 4 is 17.3 Å². The molecule has 5 nitrogen and oxygen atoms in total. The SMILES string of the molecule is C#CCCN1CCN(c2cnn(-c3ccc(F)cc3F)c(=O)c2Cl)CC1. The standard InChI is InChI=1S/C18H17ClF2N4O/c1-2-3-6-23-7-9-24(10-8-23)16-12-22-25(18(26)17(16)19)15-5-4-13(20)11-14(15)21/h1,4-5,11-12H,3,6-10H2. The fourth-order valence-electron chi connectivity index (χ4n) is 2.90. The third-order valence-corrected chi connectivity index (χ3v) is 4.68. The molecule has 0 N–H and O–H groups in total. The maximum atomic E-state index is 13.9. The van der Waals surface area contributed by atoms with Crippen molar-refractivity contribution in [2.24, 2.45) is 0 Å². The van der Waals surface area contributed by atoms with Crippen LogP contribution in [0.25, 0.3) is 5.69 Å². The molecule has 2 heterocycles. The summed E-state index contributed by atoms with van der Waals surface area (Å²) in [5.74, 6) is 1.00. The van der Waals surface area contributed by atoms with Crippen LogP contribution in [0.2, 0.25) is 5.02 Å². The number of anilines is 1. The van der Waals surface area contributed by atoms with E-state index in [-0.39, 0.29) is 10.7 Å². The van der Waals surface area contributed by atoms with Crippen LogP contribution in [-0.2, 0) is 0 Å². The summed E-state index contributed by atoms with van der Waals surface area (Å²) < 4.78 is 27.8. The molecule has 0 unspecified atom stereocenters. The molecule has 0 aliphatic carbocycles. The molecular weight excluding hydrogens is 362 g/mol. The van der Waals surface area contributed by atoms with Gasteiger partial charge in [-0.15, -0.1) is 12.3 Å². The highest BCUT2D eigenvalue weighted by Gasteiger charge is 2.22. The molecule has 26 heavy (non-hydrogen) atoms. The molecule has 0 spiro atoms. The molecule has 1 aliphatic heterocycles. The van der Waals surface area contributed by atoms with Crippen molar-refractivity contribution in [2.45, 2.75) is 6.42 Å². The molecule has 0 bridgehead atoms. The van der Waals surface area contributed by atoms with Crippen LogP contribution >= 0.6 is 11.6 Å². The summed E-state index contributed by atoms with van der Waals surface area (Å²) in [6, 6.07) is 2.91. The van der Waals surface area contributed by atoms with Gasteiger partial charge in [-0.25, -0.2) is 8.78 Å². The average molecular weight is 379 g/mol. The zero-order valence-corrected chi connectivity index (χ0v) is 14.7. The van der Waals surface area contributed by atoms with E-state index < -0.39 is 17.2 Å². The molecule has 0 saturated carbocycles. The number of piperazine rings is 1. The van der Waals surface area contributed by atoms with Crippen LogP contribution in [0.3, 0.4) is 0 Å². The van der Waals surface area contributed by atoms with Crippen molar-refractivity contribution in [2.75, 3.05) is 37.6 Å². The lowest BCUT2D eigenvalue weighted by Gasteiger charge is -2.35. The van der Waals surface area contributed by atoms with Gasteiger partial charge in [0.05, 0.1) is 11.9 Å². The van der Waals surface area contributed by atoms with E-state index in [1.807, 2.05) is 4.90 Å². The minimum absolute atomic E-state index is 0.0409. The molecule has 8 heteroatoms. The van der Waals surface area contributed by atoms with E-state index in [9.17, 15) is 13.6 Å². The van der Waals surface area contributed by atoms with Crippen molar-refractivity contribution in [3.05, 3.63) is 51.4 Å². The highest BCUT2D eigenvalue weighted by Crippen LogP contribution is 2.23. The molecule has 1 saturated heterocycles. The van der Waals surface area contributed by atoms with Gasteiger partial charge in [0.25, 0.3) is 5.56 Å². The minimum atomic E-state index is -0.884. The average Bonchev–Trinajstić information content (AvgIpc) is 2.63. The number of terminal acetylenes is 1. The summed E-state index contributed by atoms with van der Waals surface area (Å²) in [7, 11) is 0. The first-order valence-corrected chi connectivity index (χ1v) is 8.53. The molecule has 1 aromatic carbocycles. The third kappa shape index (κ3) is 3.71. The lowest BCUT2D eigenvalue weighted by atomic mass is 10.2. The first kappa shape index (κ1) is 18.4. The Labute approximate surface area is 154 Å². The highest BCUT2D eigenvalue weighted by molar-refractivity contribution is 6.33. The van der Waals surface area contributed by atoms with Crippen LogP contribution in [-0.4, -0.2) is 47.4 Å². The largest absolute Gasteiger partial charge is 0.366 e. The maximum absolute atomic E-state index is 13.9. The summed E-state index contributed by atoms with van der Waals surface area (Å²) in [6.45, 7) is 3.80. The van der Waals surface area contributed by atoms with E-state index in [0.717, 1.165) is 36.4 Å². The fourth-order valence-corrected chi connectivity index (χ4v) is 3.15. The van der Waals surface area contributed by atoms with E-state index in [4.69, 9.17) is 18.0 Å². The maximum Gasteiger partial charge on any atom is 0.292 e. The fraction of sp³-hybridized carbons (Fsp3) is 0.333. The molecule has 0 amide bonds. The normalized spacial score (nSPS) is 15.1. The topological polar surface area (TPSA) is 41.4 Å². The Hall–Kier alpha value is -2.43. The quantitative estimate of drug-likeness (QED) is 0.766. The number of hydrogen-bond acceptors (Lipinski definition) is 4. The van der Waals surface area contributed by atoms with Gasteiger partial charge in [-0.05, 0) is 12.1 Å². The van der Waals surface area contributed by atoms with E-state index in [0.29, 0.717) is 31.3 Å². The molecule has 3 rings (SSSR count). The zero-order valence-electron chi connectivity index (χ0n) is 14.0. The Morgan fingerprint density at radius 2 is 1.92 bits per heavy atom. The van der Waals surface area contributed by atoms with Crippen LogP contribution in [0.15, 0.2) is 29.2 Å². The second-order valence-electron chi connectivity index (χ2n) is 5.94. The Kier molecular flexibility index (Phi) is 5.55. The number of aromatic nitrogens is 2.